The molecule has 0 heterocycles. The van der Waals surface area contributed by atoms with Gasteiger partial charge >= 0.3 is 18.1 Å². The first-order chi connectivity index (χ1) is 10.4. The molecule has 1 fully saturated rings. The van der Waals surface area contributed by atoms with Crippen LogP contribution in [0.3, 0.4) is 0 Å². The summed E-state index contributed by atoms with van der Waals surface area (Å²) in [5, 5.41) is 9.13. The maximum atomic E-state index is 12.5. The van der Waals surface area contributed by atoms with Gasteiger partial charge in [0.05, 0.1) is 0 Å². The Morgan fingerprint density at radius 2 is 1.70 bits per heavy atom. The Labute approximate surface area is 133 Å². The molecule has 8 heteroatoms. The first kappa shape index (κ1) is 19.7. The Morgan fingerprint density at radius 3 is 2.13 bits per heavy atom. The second-order valence-electron chi connectivity index (χ2n) is 6.27. The maximum Gasteiger partial charge on any atom is 0.427 e. The lowest BCUT2D eigenvalue weighted by Crippen LogP contribution is -2.50. The summed E-state index contributed by atoms with van der Waals surface area (Å²) >= 11 is 0. The van der Waals surface area contributed by atoms with E-state index in [4.69, 9.17) is 9.84 Å². The van der Waals surface area contributed by atoms with Crippen LogP contribution in [0.1, 0.15) is 52.9 Å². The second-order valence-corrected chi connectivity index (χ2v) is 6.27. The van der Waals surface area contributed by atoms with Crippen molar-refractivity contribution in [2.75, 3.05) is 6.61 Å². The van der Waals surface area contributed by atoms with Crippen molar-refractivity contribution < 1.29 is 37.3 Å². The van der Waals surface area contributed by atoms with Gasteiger partial charge in [0.2, 0.25) is 0 Å². The molecular formula is C15H23F3O5. The molecule has 0 bridgehead atoms. The third-order valence-corrected chi connectivity index (χ3v) is 4.54. The molecule has 0 amide bonds. The molecule has 5 nitrogen and oxygen atoms in total. The van der Waals surface area contributed by atoms with E-state index in [1.807, 2.05) is 6.92 Å². The highest BCUT2D eigenvalue weighted by atomic mass is 19.4. The largest absolute Gasteiger partial charge is 0.457 e. The lowest BCUT2D eigenvalue weighted by molar-refractivity contribution is -0.257. The number of carbonyl (C=O) groups is 2. The minimum Gasteiger partial charge on any atom is -0.457 e. The van der Waals surface area contributed by atoms with Gasteiger partial charge in [-0.15, -0.1) is 0 Å². The summed E-state index contributed by atoms with van der Waals surface area (Å²) in [6, 6.07) is 0. The highest BCUT2D eigenvalue weighted by Gasteiger charge is 2.57. The molecule has 0 aliphatic heterocycles. The van der Waals surface area contributed by atoms with E-state index in [-0.39, 0.29) is 12.8 Å². The molecule has 0 saturated heterocycles. The third-order valence-electron chi connectivity index (χ3n) is 4.54. The number of alkyl halides is 3. The average molecular weight is 340 g/mol. The molecule has 0 radical (unpaired) electrons. The number of carbonyl (C=O) groups excluding carboxylic acids is 2. The molecule has 1 saturated carbocycles. The summed E-state index contributed by atoms with van der Waals surface area (Å²) in [5.74, 6) is -2.67. The normalized spacial score (nSPS) is 21.3. The van der Waals surface area contributed by atoms with Crippen LogP contribution < -0.4 is 0 Å². The van der Waals surface area contributed by atoms with Gasteiger partial charge in [-0.05, 0) is 39.0 Å². The van der Waals surface area contributed by atoms with Gasteiger partial charge < -0.3 is 14.6 Å². The molecular weight excluding hydrogens is 317 g/mol. The summed E-state index contributed by atoms with van der Waals surface area (Å²) in [7, 11) is 0. The van der Waals surface area contributed by atoms with E-state index >= 15 is 0 Å². The fraction of sp³-hybridized carbons (Fsp3) is 0.867. The zero-order chi connectivity index (χ0) is 17.9. The average Bonchev–Trinajstić information content (AvgIpc) is 2.98. The van der Waals surface area contributed by atoms with Gasteiger partial charge in [-0.2, -0.15) is 13.2 Å². The zero-order valence-corrected chi connectivity index (χ0v) is 13.5. The van der Waals surface area contributed by atoms with Crippen LogP contribution in [0.15, 0.2) is 0 Å². The summed E-state index contributed by atoms with van der Waals surface area (Å²) < 4.78 is 47.0. The minimum absolute atomic E-state index is 0.186. The van der Waals surface area contributed by atoms with Crippen molar-refractivity contribution in [3.8, 4) is 0 Å². The first-order valence-corrected chi connectivity index (χ1v) is 7.62. The van der Waals surface area contributed by atoms with Gasteiger partial charge in [-0.25, -0.2) is 9.59 Å². The van der Waals surface area contributed by atoms with Gasteiger partial charge in [0.1, 0.15) is 5.60 Å². The molecule has 23 heavy (non-hydrogen) atoms. The molecule has 1 N–H and O–H groups in total. The van der Waals surface area contributed by atoms with Crippen LogP contribution in [-0.4, -0.2) is 41.0 Å². The molecule has 0 spiro atoms. The highest BCUT2D eigenvalue weighted by Crippen LogP contribution is 2.38. The molecule has 0 aromatic rings. The number of esters is 2. The van der Waals surface area contributed by atoms with Gasteiger partial charge in [0.25, 0.3) is 5.60 Å². The van der Waals surface area contributed by atoms with Crippen molar-refractivity contribution >= 4 is 11.9 Å². The van der Waals surface area contributed by atoms with Crippen LogP contribution in [0.25, 0.3) is 0 Å². The number of ether oxygens (including phenoxy) is 2. The van der Waals surface area contributed by atoms with Crippen molar-refractivity contribution in [1.29, 1.82) is 0 Å². The van der Waals surface area contributed by atoms with Gasteiger partial charge in [-0.1, -0.05) is 19.8 Å². The quantitative estimate of drug-likeness (QED) is 0.753. The Morgan fingerprint density at radius 1 is 1.17 bits per heavy atom. The van der Waals surface area contributed by atoms with E-state index in [1.54, 1.807) is 6.92 Å². The van der Waals surface area contributed by atoms with Crippen LogP contribution in [-0.2, 0) is 19.1 Å². The number of aliphatic hydroxyl groups is 1. The molecule has 0 aromatic heterocycles. The van der Waals surface area contributed by atoms with E-state index < -0.39 is 35.9 Å². The van der Waals surface area contributed by atoms with Crippen LogP contribution in [0.4, 0.5) is 13.2 Å². The van der Waals surface area contributed by atoms with E-state index in [9.17, 15) is 22.8 Å². The Bertz CT molecular complexity index is 441. The van der Waals surface area contributed by atoms with Crippen molar-refractivity contribution in [3.63, 3.8) is 0 Å². The van der Waals surface area contributed by atoms with Crippen molar-refractivity contribution in [2.24, 2.45) is 5.92 Å². The topological polar surface area (TPSA) is 72.8 Å². The predicted octanol–water partition coefficient (Wildman–Crippen LogP) is 2.75. The molecule has 2 unspecified atom stereocenters. The molecule has 1 aliphatic carbocycles. The van der Waals surface area contributed by atoms with Crippen LogP contribution in [0.2, 0.25) is 0 Å². The summed E-state index contributed by atoms with van der Waals surface area (Å²) in [6.45, 7) is 2.93. The number of hydrogen-bond donors (Lipinski definition) is 1. The summed E-state index contributed by atoms with van der Waals surface area (Å²) in [5.41, 5.74) is -4.39. The van der Waals surface area contributed by atoms with Crippen molar-refractivity contribution in [3.05, 3.63) is 0 Å². The summed E-state index contributed by atoms with van der Waals surface area (Å²) in [4.78, 5) is 23.1. The third kappa shape index (κ3) is 4.59. The SMILES string of the molecule is CCC(C)(OC(=O)COC(=O)C(C)(O)C(F)(F)F)C1CCCC1. The minimum atomic E-state index is -5.18. The monoisotopic (exact) mass is 340 g/mol. The number of halogens is 3. The van der Waals surface area contributed by atoms with Crippen LogP contribution in [0.5, 0.6) is 0 Å². The molecule has 1 rings (SSSR count). The van der Waals surface area contributed by atoms with Crippen molar-refractivity contribution in [2.45, 2.75) is 70.3 Å². The zero-order valence-electron chi connectivity index (χ0n) is 13.5. The van der Waals surface area contributed by atoms with E-state index in [1.165, 1.54) is 0 Å². The van der Waals surface area contributed by atoms with Crippen molar-refractivity contribution in [1.82, 2.24) is 0 Å². The summed E-state index contributed by atoms with van der Waals surface area (Å²) in [6.07, 6.45) is -0.712. The fourth-order valence-corrected chi connectivity index (χ4v) is 2.65. The Hall–Kier alpha value is -1.31. The van der Waals surface area contributed by atoms with Gasteiger partial charge in [-0.3, -0.25) is 0 Å². The number of hydrogen-bond acceptors (Lipinski definition) is 5. The predicted molar refractivity (Wildman–Crippen MR) is 74.4 cm³/mol. The van der Waals surface area contributed by atoms with Gasteiger partial charge in [0, 0.05) is 0 Å². The van der Waals surface area contributed by atoms with E-state index in [0.717, 1.165) is 25.7 Å². The van der Waals surface area contributed by atoms with E-state index in [2.05, 4.69) is 4.74 Å². The lowest BCUT2D eigenvalue weighted by atomic mass is 9.85. The smallest absolute Gasteiger partial charge is 0.427 e. The first-order valence-electron chi connectivity index (χ1n) is 7.62. The maximum absolute atomic E-state index is 12.5. The molecule has 1 aliphatic rings. The number of rotatable bonds is 6. The van der Waals surface area contributed by atoms with Crippen LogP contribution in [0, 0.1) is 5.92 Å². The Balaban J connectivity index is 2.58. The standard InChI is InChI=1S/C15H23F3O5/c1-4-13(2,10-7-5-6-8-10)23-11(19)9-22-12(20)14(3,21)15(16,17)18/h10,21H,4-9H2,1-3H3. The fourth-order valence-electron chi connectivity index (χ4n) is 2.65. The molecule has 134 valence electrons. The van der Waals surface area contributed by atoms with Gasteiger partial charge in [0.15, 0.2) is 6.61 Å². The molecule has 0 aromatic carbocycles. The Kier molecular flexibility index (Phi) is 6.06. The van der Waals surface area contributed by atoms with E-state index in [0.29, 0.717) is 6.42 Å². The molecule has 2 atom stereocenters. The second kappa shape index (κ2) is 7.07. The highest BCUT2D eigenvalue weighted by molar-refractivity contribution is 5.82. The van der Waals surface area contributed by atoms with Crippen LogP contribution >= 0.6 is 0 Å². The lowest BCUT2D eigenvalue weighted by Gasteiger charge is -2.34.